The first-order valence-electron chi connectivity index (χ1n) is 8.57. The molecule has 0 amide bonds. The predicted molar refractivity (Wildman–Crippen MR) is 91.2 cm³/mol. The molecule has 0 aromatic rings. The Bertz CT molecular complexity index is 309. The molecule has 0 aliphatic carbocycles. The molecule has 0 aromatic carbocycles. The van der Waals surface area contributed by atoms with E-state index in [9.17, 15) is 4.79 Å². The quantitative estimate of drug-likeness (QED) is 0.310. The lowest BCUT2D eigenvalue weighted by molar-refractivity contribution is -0.157. The summed E-state index contributed by atoms with van der Waals surface area (Å²) in [6.45, 7) is 14.1. The summed E-state index contributed by atoms with van der Waals surface area (Å²) in [6, 6.07) is 0. The molecular weight excluding hydrogens is 296 g/mol. The molecule has 0 aromatic heterocycles. The standard InChI is InChI=1S/C18H36O5/c1-8-22-17(19)15(11-14(2)3)12-16(18(4,5)6)23-13-21-10-9-20-7/h14-16H,8-13H2,1-7H3/t15-,16-/m0/s1. The SMILES string of the molecule is CCOC(=O)[C@@H](CC(C)C)C[C@H](OCOCCOC)C(C)(C)C. The summed E-state index contributed by atoms with van der Waals surface area (Å²) in [5.74, 6) is 0.167. The number of esters is 1. The van der Waals surface area contributed by atoms with Gasteiger partial charge in [0.25, 0.3) is 0 Å². The van der Waals surface area contributed by atoms with Gasteiger partial charge in [-0.15, -0.1) is 0 Å². The van der Waals surface area contributed by atoms with E-state index in [0.717, 1.165) is 6.42 Å². The average Bonchev–Trinajstić information content (AvgIpc) is 2.43. The average molecular weight is 332 g/mol. The van der Waals surface area contributed by atoms with Crippen LogP contribution in [0, 0.1) is 17.3 Å². The Morgan fingerprint density at radius 3 is 2.22 bits per heavy atom. The summed E-state index contributed by atoms with van der Waals surface area (Å²) < 4.78 is 21.5. The van der Waals surface area contributed by atoms with Gasteiger partial charge in [-0.3, -0.25) is 4.79 Å². The molecule has 0 aliphatic heterocycles. The van der Waals surface area contributed by atoms with E-state index in [0.29, 0.717) is 32.2 Å². The van der Waals surface area contributed by atoms with Gasteiger partial charge >= 0.3 is 5.97 Å². The summed E-state index contributed by atoms with van der Waals surface area (Å²) >= 11 is 0. The Labute approximate surface area is 142 Å². The highest BCUT2D eigenvalue weighted by molar-refractivity contribution is 5.72. The minimum absolute atomic E-state index is 0.0711. The Morgan fingerprint density at radius 2 is 1.74 bits per heavy atom. The molecule has 5 nitrogen and oxygen atoms in total. The van der Waals surface area contributed by atoms with Crippen molar-refractivity contribution < 1.29 is 23.7 Å². The highest BCUT2D eigenvalue weighted by atomic mass is 16.7. The number of hydrogen-bond acceptors (Lipinski definition) is 5. The van der Waals surface area contributed by atoms with E-state index in [1.54, 1.807) is 7.11 Å². The molecular formula is C18H36O5. The van der Waals surface area contributed by atoms with E-state index in [2.05, 4.69) is 34.6 Å². The van der Waals surface area contributed by atoms with Gasteiger partial charge in [0, 0.05) is 7.11 Å². The lowest BCUT2D eigenvalue weighted by Gasteiger charge is -2.33. The van der Waals surface area contributed by atoms with Crippen molar-refractivity contribution in [3.05, 3.63) is 0 Å². The zero-order chi connectivity index (χ0) is 17.9. The zero-order valence-corrected chi connectivity index (χ0v) is 16.0. The molecule has 0 N–H and O–H groups in total. The summed E-state index contributed by atoms with van der Waals surface area (Å²) in [5.41, 5.74) is -0.0770. The largest absolute Gasteiger partial charge is 0.466 e. The van der Waals surface area contributed by atoms with E-state index in [1.165, 1.54) is 0 Å². The minimum Gasteiger partial charge on any atom is -0.466 e. The maximum Gasteiger partial charge on any atom is 0.309 e. The van der Waals surface area contributed by atoms with Crippen molar-refractivity contribution in [2.75, 3.05) is 33.7 Å². The first-order valence-corrected chi connectivity index (χ1v) is 8.57. The molecule has 0 saturated carbocycles. The summed E-state index contributed by atoms with van der Waals surface area (Å²) in [4.78, 5) is 12.2. The summed E-state index contributed by atoms with van der Waals surface area (Å²) in [6.07, 6.45) is 1.38. The van der Waals surface area contributed by atoms with Crippen molar-refractivity contribution in [3.63, 3.8) is 0 Å². The van der Waals surface area contributed by atoms with E-state index in [1.807, 2.05) is 6.92 Å². The molecule has 0 fully saturated rings. The fourth-order valence-corrected chi connectivity index (χ4v) is 2.38. The Morgan fingerprint density at radius 1 is 1.09 bits per heavy atom. The first-order chi connectivity index (χ1) is 10.7. The topological polar surface area (TPSA) is 54.0 Å². The van der Waals surface area contributed by atoms with Crippen molar-refractivity contribution in [1.29, 1.82) is 0 Å². The smallest absolute Gasteiger partial charge is 0.309 e. The van der Waals surface area contributed by atoms with Gasteiger partial charge < -0.3 is 18.9 Å². The van der Waals surface area contributed by atoms with Crippen LogP contribution in [0.5, 0.6) is 0 Å². The van der Waals surface area contributed by atoms with Gasteiger partial charge in [-0.2, -0.15) is 0 Å². The Balaban J connectivity index is 4.69. The van der Waals surface area contributed by atoms with Gasteiger partial charge in [-0.05, 0) is 31.1 Å². The maximum atomic E-state index is 12.2. The Hall–Kier alpha value is -0.650. The number of rotatable bonds is 12. The first kappa shape index (κ1) is 22.4. The predicted octanol–water partition coefficient (Wildman–Crippen LogP) is 3.65. The monoisotopic (exact) mass is 332 g/mol. The molecule has 0 rings (SSSR count). The van der Waals surface area contributed by atoms with Crippen LogP contribution in [0.4, 0.5) is 0 Å². The van der Waals surface area contributed by atoms with Crippen molar-refractivity contribution in [1.82, 2.24) is 0 Å². The van der Waals surface area contributed by atoms with Crippen LogP contribution < -0.4 is 0 Å². The van der Waals surface area contributed by atoms with E-state index in [4.69, 9.17) is 18.9 Å². The molecule has 2 atom stereocenters. The van der Waals surface area contributed by atoms with Crippen molar-refractivity contribution in [2.45, 2.75) is 60.5 Å². The molecule has 23 heavy (non-hydrogen) atoms. The number of hydrogen-bond donors (Lipinski definition) is 0. The number of carbonyl (C=O) groups excluding carboxylic acids is 1. The third-order valence-electron chi connectivity index (χ3n) is 3.62. The second-order valence-corrected chi connectivity index (χ2v) is 7.35. The van der Waals surface area contributed by atoms with Crippen LogP contribution in [0.1, 0.15) is 54.4 Å². The zero-order valence-electron chi connectivity index (χ0n) is 16.0. The van der Waals surface area contributed by atoms with Crippen LogP contribution in [0.3, 0.4) is 0 Å². The molecule has 0 aliphatic rings. The van der Waals surface area contributed by atoms with E-state index < -0.39 is 0 Å². The number of carbonyl (C=O) groups is 1. The molecule has 0 bridgehead atoms. The van der Waals surface area contributed by atoms with Crippen LogP contribution in [0.25, 0.3) is 0 Å². The van der Waals surface area contributed by atoms with Crippen LogP contribution in [-0.4, -0.2) is 45.8 Å². The van der Waals surface area contributed by atoms with Crippen molar-refractivity contribution >= 4 is 5.97 Å². The summed E-state index contributed by atoms with van der Waals surface area (Å²) in [5, 5.41) is 0. The molecule has 138 valence electrons. The summed E-state index contributed by atoms with van der Waals surface area (Å²) in [7, 11) is 1.64. The minimum atomic E-state index is -0.141. The third kappa shape index (κ3) is 10.7. The van der Waals surface area contributed by atoms with Crippen LogP contribution in [0.2, 0.25) is 0 Å². The molecule has 0 saturated heterocycles. The van der Waals surface area contributed by atoms with Crippen LogP contribution >= 0.6 is 0 Å². The lowest BCUT2D eigenvalue weighted by Crippen LogP contribution is -2.35. The normalized spacial score (nSPS) is 14.8. The van der Waals surface area contributed by atoms with Crippen molar-refractivity contribution in [3.8, 4) is 0 Å². The third-order valence-corrected chi connectivity index (χ3v) is 3.62. The number of ether oxygens (including phenoxy) is 4. The van der Waals surface area contributed by atoms with Gasteiger partial charge in [-0.25, -0.2) is 0 Å². The number of methoxy groups -OCH3 is 1. The fraction of sp³-hybridized carbons (Fsp3) is 0.944. The highest BCUT2D eigenvalue weighted by Gasteiger charge is 2.32. The molecule has 0 spiro atoms. The van der Waals surface area contributed by atoms with Crippen molar-refractivity contribution in [2.24, 2.45) is 17.3 Å². The van der Waals surface area contributed by atoms with Gasteiger partial charge in [0.1, 0.15) is 6.79 Å². The molecule has 5 heteroatoms. The van der Waals surface area contributed by atoms with E-state index in [-0.39, 0.29) is 30.2 Å². The maximum absolute atomic E-state index is 12.2. The second kappa shape index (κ2) is 11.8. The molecule has 0 heterocycles. The molecule has 0 unspecified atom stereocenters. The second-order valence-electron chi connectivity index (χ2n) is 7.35. The van der Waals surface area contributed by atoms with Gasteiger partial charge in [0.05, 0.1) is 31.8 Å². The van der Waals surface area contributed by atoms with Gasteiger partial charge in [-0.1, -0.05) is 34.6 Å². The molecule has 0 radical (unpaired) electrons. The van der Waals surface area contributed by atoms with E-state index >= 15 is 0 Å². The lowest BCUT2D eigenvalue weighted by atomic mass is 9.81. The van der Waals surface area contributed by atoms with Crippen LogP contribution in [0.15, 0.2) is 0 Å². The van der Waals surface area contributed by atoms with Crippen LogP contribution in [-0.2, 0) is 23.7 Å². The van der Waals surface area contributed by atoms with Gasteiger partial charge in [0.2, 0.25) is 0 Å². The fourth-order valence-electron chi connectivity index (χ4n) is 2.38. The highest BCUT2D eigenvalue weighted by Crippen LogP contribution is 2.30. The van der Waals surface area contributed by atoms with Gasteiger partial charge in [0.15, 0.2) is 0 Å². The Kier molecular flexibility index (Phi) is 11.5.